The Hall–Kier alpha value is -3.28. The zero-order chi connectivity index (χ0) is 31.7. The Morgan fingerprint density at radius 3 is 2.63 bits per heavy atom. The molecule has 43 heavy (non-hydrogen) atoms. The van der Waals surface area contributed by atoms with E-state index in [1.165, 1.54) is 0 Å². The number of aromatic nitrogens is 2. The van der Waals surface area contributed by atoms with Gasteiger partial charge >= 0.3 is 12.1 Å². The van der Waals surface area contributed by atoms with E-state index < -0.39 is 36.0 Å². The number of piperazine rings is 1. The van der Waals surface area contributed by atoms with Crippen LogP contribution in [0.1, 0.15) is 58.6 Å². The molecule has 1 unspecified atom stereocenters. The Labute approximate surface area is 255 Å². The van der Waals surface area contributed by atoms with Gasteiger partial charge in [-0.15, -0.1) is 0 Å². The van der Waals surface area contributed by atoms with E-state index in [0.717, 1.165) is 24.4 Å². The number of anilines is 1. The van der Waals surface area contributed by atoms with Crippen LogP contribution in [-0.4, -0.2) is 113 Å². The molecular weight excluding hydrogens is 550 g/mol. The Morgan fingerprint density at radius 2 is 1.95 bits per heavy atom. The zero-order valence-corrected chi connectivity index (χ0v) is 26.6. The number of allylic oxidation sites excluding steroid dienone is 3. The number of carbonyl (C=O) groups excluding carboxylic acids is 2. The monoisotopic (exact) mass is 599 g/mol. The first-order chi connectivity index (χ1) is 20.3. The normalized spacial score (nSPS) is 29.7. The fraction of sp³-hybridized carbons (Fsp3) is 0.625. The Balaban J connectivity index is 1.81. The second kappa shape index (κ2) is 15.4. The summed E-state index contributed by atoms with van der Waals surface area (Å²) < 4.78 is 11.7. The summed E-state index contributed by atoms with van der Waals surface area (Å²) >= 11 is 0. The van der Waals surface area contributed by atoms with Crippen molar-refractivity contribution in [3.63, 3.8) is 0 Å². The first kappa shape index (κ1) is 34.2. The summed E-state index contributed by atoms with van der Waals surface area (Å²) in [5.74, 6) is -0.167. The summed E-state index contributed by atoms with van der Waals surface area (Å²) in [6.45, 7) is 10.0. The van der Waals surface area contributed by atoms with Crippen molar-refractivity contribution in [1.29, 1.82) is 0 Å². The van der Waals surface area contributed by atoms with Crippen LogP contribution in [0, 0.1) is 5.92 Å². The van der Waals surface area contributed by atoms with E-state index >= 15 is 0 Å². The quantitative estimate of drug-likeness (QED) is 0.286. The first-order valence-corrected chi connectivity index (χ1v) is 15.0. The lowest BCUT2D eigenvalue weighted by molar-refractivity contribution is -0.151. The molecule has 0 spiro atoms. The van der Waals surface area contributed by atoms with Crippen molar-refractivity contribution in [2.75, 3.05) is 52.2 Å². The van der Waals surface area contributed by atoms with Crippen molar-refractivity contribution >= 4 is 18.0 Å². The summed E-state index contributed by atoms with van der Waals surface area (Å²) in [6.07, 6.45) is 8.08. The summed E-state index contributed by atoms with van der Waals surface area (Å²) in [5.41, 5.74) is 0.234. The minimum Gasteiger partial charge on any atom is -0.457 e. The van der Waals surface area contributed by atoms with Gasteiger partial charge in [0.05, 0.1) is 18.2 Å². The molecule has 0 aromatic carbocycles. The number of ether oxygens (including phenoxy) is 2. The molecule has 1 aromatic rings. The van der Waals surface area contributed by atoms with Crippen LogP contribution in [0.3, 0.4) is 0 Å². The molecule has 0 radical (unpaired) electrons. The molecule has 2 aliphatic rings. The van der Waals surface area contributed by atoms with Gasteiger partial charge < -0.3 is 34.4 Å². The van der Waals surface area contributed by atoms with Gasteiger partial charge in [0.25, 0.3) is 0 Å². The van der Waals surface area contributed by atoms with E-state index in [9.17, 15) is 19.8 Å². The summed E-state index contributed by atoms with van der Waals surface area (Å²) in [5, 5.41) is 21.9. The standard InChI is InChI=1S/C32H49N5O6/c1-22(26-14-16-33-30(34-26)35(5)6)9-8-10-23(2)29-24(3)11-12-27(42-31(40)37-19-17-36(7)18-20-37)32(4,41)15-13-25(38)21-28(39)43-29/h8-12,14,16,22,24-25,27,29,38,41H,13,15,17-21H2,1-7H3/b9-8+,12-11+,23-10+/t22?,24-,25-,27-,29+,32-/m0/s1. The van der Waals surface area contributed by atoms with Gasteiger partial charge in [0.2, 0.25) is 5.95 Å². The average Bonchev–Trinajstić information content (AvgIpc) is 2.96. The Morgan fingerprint density at radius 1 is 1.26 bits per heavy atom. The number of hydrogen-bond acceptors (Lipinski definition) is 10. The third-order valence-electron chi connectivity index (χ3n) is 8.05. The fourth-order valence-corrected chi connectivity index (χ4v) is 5.02. The molecule has 1 fully saturated rings. The SMILES string of the molecule is C/C(=C\C=C\C(C)c1ccnc(N(C)C)n1)[C@H]1OC(=O)C[C@@H](O)CC[C@](C)(O)[C@@H](OC(=O)N2CCN(C)CC2)/C=C/[C@@H]1C. The van der Waals surface area contributed by atoms with Crippen LogP contribution in [-0.2, 0) is 14.3 Å². The van der Waals surface area contributed by atoms with Crippen molar-refractivity contribution < 1.29 is 29.3 Å². The summed E-state index contributed by atoms with van der Waals surface area (Å²) in [4.78, 5) is 40.3. The maximum Gasteiger partial charge on any atom is 0.410 e. The Kier molecular flexibility index (Phi) is 12.3. The van der Waals surface area contributed by atoms with E-state index in [1.807, 2.05) is 77.2 Å². The number of nitrogens with zero attached hydrogens (tertiary/aromatic N) is 5. The highest BCUT2D eigenvalue weighted by Crippen LogP contribution is 2.27. The molecule has 11 heteroatoms. The maximum absolute atomic E-state index is 13.0. The van der Waals surface area contributed by atoms with Gasteiger partial charge in [-0.2, -0.15) is 0 Å². The molecule has 0 bridgehead atoms. The van der Waals surface area contributed by atoms with Crippen molar-refractivity contribution in [1.82, 2.24) is 19.8 Å². The van der Waals surface area contributed by atoms with Crippen LogP contribution in [0.25, 0.3) is 0 Å². The van der Waals surface area contributed by atoms with Gasteiger partial charge in [-0.25, -0.2) is 14.8 Å². The smallest absolute Gasteiger partial charge is 0.410 e. The van der Waals surface area contributed by atoms with E-state index in [4.69, 9.17) is 9.47 Å². The predicted octanol–water partition coefficient (Wildman–Crippen LogP) is 3.30. The van der Waals surface area contributed by atoms with Crippen LogP contribution in [0.15, 0.2) is 48.2 Å². The maximum atomic E-state index is 13.0. The number of esters is 1. The number of amides is 1. The third-order valence-corrected chi connectivity index (χ3v) is 8.05. The number of rotatable bonds is 6. The van der Waals surface area contributed by atoms with Crippen molar-refractivity contribution in [2.24, 2.45) is 5.92 Å². The Bertz CT molecular complexity index is 1170. The number of hydrogen-bond donors (Lipinski definition) is 2. The minimum atomic E-state index is -1.45. The highest BCUT2D eigenvalue weighted by molar-refractivity contribution is 5.70. The lowest BCUT2D eigenvalue weighted by Gasteiger charge is -2.36. The predicted molar refractivity (Wildman–Crippen MR) is 166 cm³/mol. The molecule has 2 N–H and O–H groups in total. The second-order valence-electron chi connectivity index (χ2n) is 12.3. The lowest BCUT2D eigenvalue weighted by atomic mass is 9.88. The zero-order valence-electron chi connectivity index (χ0n) is 26.6. The largest absolute Gasteiger partial charge is 0.457 e. The minimum absolute atomic E-state index is 0.0232. The molecule has 3 heterocycles. The second-order valence-corrected chi connectivity index (χ2v) is 12.3. The molecule has 6 atom stereocenters. The summed E-state index contributed by atoms with van der Waals surface area (Å²) in [6, 6.07) is 1.88. The van der Waals surface area contributed by atoms with Gasteiger partial charge in [-0.05, 0) is 51.5 Å². The molecule has 238 valence electrons. The molecule has 0 aliphatic carbocycles. The lowest BCUT2D eigenvalue weighted by Crippen LogP contribution is -2.50. The number of carbonyl (C=O) groups is 2. The molecule has 0 saturated carbocycles. The van der Waals surface area contributed by atoms with Crippen LogP contribution >= 0.6 is 0 Å². The molecule has 2 aliphatic heterocycles. The van der Waals surface area contributed by atoms with Crippen molar-refractivity contribution in [3.8, 4) is 0 Å². The fourth-order valence-electron chi connectivity index (χ4n) is 5.02. The number of cyclic esters (lactones) is 1. The van der Waals surface area contributed by atoms with E-state index in [1.54, 1.807) is 24.1 Å². The highest BCUT2D eigenvalue weighted by Gasteiger charge is 2.36. The number of aliphatic hydroxyl groups is 2. The van der Waals surface area contributed by atoms with Crippen molar-refractivity contribution in [2.45, 2.75) is 76.8 Å². The molecule has 1 amide bonds. The van der Waals surface area contributed by atoms with Crippen LogP contribution in [0.4, 0.5) is 10.7 Å². The third kappa shape index (κ3) is 10.1. The van der Waals surface area contributed by atoms with E-state index in [-0.39, 0.29) is 31.1 Å². The van der Waals surface area contributed by atoms with E-state index in [2.05, 4.69) is 14.9 Å². The first-order valence-electron chi connectivity index (χ1n) is 15.0. The topological polar surface area (TPSA) is 129 Å². The molecule has 3 rings (SSSR count). The van der Waals surface area contributed by atoms with Gasteiger partial charge in [0, 0.05) is 58.3 Å². The van der Waals surface area contributed by atoms with Crippen molar-refractivity contribution in [3.05, 3.63) is 53.9 Å². The average molecular weight is 600 g/mol. The number of aliphatic hydroxyl groups excluding tert-OH is 1. The van der Waals surface area contributed by atoms with E-state index in [0.29, 0.717) is 19.0 Å². The number of likely N-dealkylation sites (N-methyl/N-ethyl adjacent to an activating group) is 1. The van der Waals surface area contributed by atoms with Crippen LogP contribution in [0.2, 0.25) is 0 Å². The summed E-state index contributed by atoms with van der Waals surface area (Å²) in [7, 11) is 5.79. The van der Waals surface area contributed by atoms with Gasteiger partial charge in [0.15, 0.2) is 6.10 Å². The highest BCUT2D eigenvalue weighted by atomic mass is 16.6. The van der Waals surface area contributed by atoms with Gasteiger partial charge in [-0.1, -0.05) is 38.2 Å². The van der Waals surface area contributed by atoms with Gasteiger partial charge in [0.1, 0.15) is 11.7 Å². The van der Waals surface area contributed by atoms with Crippen LogP contribution < -0.4 is 4.90 Å². The van der Waals surface area contributed by atoms with Crippen LogP contribution in [0.5, 0.6) is 0 Å². The molecule has 1 aromatic heterocycles. The van der Waals surface area contributed by atoms with Gasteiger partial charge in [-0.3, -0.25) is 4.79 Å². The molecule has 1 saturated heterocycles. The molecule has 11 nitrogen and oxygen atoms in total. The molecular formula is C32H49N5O6.